The second-order valence-corrected chi connectivity index (χ2v) is 11.1. The zero-order valence-electron chi connectivity index (χ0n) is 21.8. The Morgan fingerprint density at radius 1 is 0.975 bits per heavy atom. The van der Waals surface area contributed by atoms with Crippen LogP contribution in [0.3, 0.4) is 0 Å². The molecule has 0 saturated carbocycles. The molecule has 3 N–H and O–H groups in total. The predicted octanol–water partition coefficient (Wildman–Crippen LogP) is 5.19. The molecule has 11 heteroatoms. The lowest BCUT2D eigenvalue weighted by Crippen LogP contribution is -2.41. The first kappa shape index (κ1) is 27.7. The molecule has 0 amide bonds. The van der Waals surface area contributed by atoms with E-state index >= 15 is 0 Å². The van der Waals surface area contributed by atoms with Gasteiger partial charge < -0.3 is 15.4 Å². The average Bonchev–Trinajstić information content (AvgIpc) is 3.37. The molecule has 2 heterocycles. The summed E-state index contributed by atoms with van der Waals surface area (Å²) in [6, 6.07) is 20.5. The van der Waals surface area contributed by atoms with Gasteiger partial charge in [-0.1, -0.05) is 67.4 Å². The van der Waals surface area contributed by atoms with Crippen molar-refractivity contribution in [1.29, 1.82) is 0 Å². The topological polar surface area (TPSA) is 97.2 Å². The van der Waals surface area contributed by atoms with Gasteiger partial charge in [0.15, 0.2) is 11.0 Å². The van der Waals surface area contributed by atoms with Crippen LogP contribution < -0.4 is 26.6 Å². The Morgan fingerprint density at radius 2 is 1.70 bits per heavy atom. The van der Waals surface area contributed by atoms with Crippen LogP contribution >= 0.6 is 11.6 Å². The number of anilines is 3. The summed E-state index contributed by atoms with van der Waals surface area (Å²) in [6.07, 6.45) is 1.79. The summed E-state index contributed by atoms with van der Waals surface area (Å²) in [4.78, 5) is 27.3. The number of benzene rings is 3. The van der Waals surface area contributed by atoms with Crippen LogP contribution in [0.25, 0.3) is 0 Å². The summed E-state index contributed by atoms with van der Waals surface area (Å²) in [6.45, 7) is 2.30. The Kier molecular flexibility index (Phi) is 8.37. The van der Waals surface area contributed by atoms with Crippen molar-refractivity contribution in [1.82, 2.24) is 9.13 Å². The van der Waals surface area contributed by atoms with E-state index in [1.165, 1.54) is 6.07 Å². The highest BCUT2D eigenvalue weighted by atomic mass is 35.5. The third-order valence-corrected chi connectivity index (χ3v) is 8.34. The van der Waals surface area contributed by atoms with E-state index in [9.17, 15) is 18.2 Å². The smallest absolute Gasteiger partial charge is 0.332 e. The molecule has 2 unspecified atom stereocenters. The normalized spacial score (nSPS) is 14.7. The molecule has 1 aliphatic heterocycles. The van der Waals surface area contributed by atoms with Gasteiger partial charge in [-0.3, -0.25) is 13.9 Å². The van der Waals surface area contributed by atoms with E-state index in [4.69, 9.17) is 11.6 Å². The van der Waals surface area contributed by atoms with Crippen LogP contribution in [0.15, 0.2) is 87.3 Å². The summed E-state index contributed by atoms with van der Waals surface area (Å²) in [7, 11) is -1.51. The van der Waals surface area contributed by atoms with Gasteiger partial charge >= 0.3 is 5.69 Å². The maximum atomic E-state index is 14.3. The summed E-state index contributed by atoms with van der Waals surface area (Å²) in [5.41, 5.74) is 1.23. The highest BCUT2D eigenvalue weighted by Gasteiger charge is 2.28. The van der Waals surface area contributed by atoms with E-state index in [0.29, 0.717) is 40.1 Å². The molecule has 0 fully saturated rings. The van der Waals surface area contributed by atoms with Gasteiger partial charge in [0.25, 0.3) is 5.56 Å². The second kappa shape index (κ2) is 12.1. The lowest BCUT2D eigenvalue weighted by atomic mass is 10.1. The quantitative estimate of drug-likeness (QED) is 0.239. The summed E-state index contributed by atoms with van der Waals surface area (Å²) >= 11 is 6.15. The second-order valence-electron chi connectivity index (χ2n) is 9.54. The lowest BCUT2D eigenvalue weighted by Gasteiger charge is -2.15. The third-order valence-electron chi connectivity index (χ3n) is 6.72. The van der Waals surface area contributed by atoms with Crippen molar-refractivity contribution < 1.29 is 8.60 Å². The Morgan fingerprint density at radius 3 is 2.42 bits per heavy atom. The molecule has 0 aliphatic carbocycles. The van der Waals surface area contributed by atoms with E-state index in [2.05, 4.69) is 15.4 Å². The number of unbranched alkanes of at least 4 members (excludes halogenated alkanes) is 1. The fourth-order valence-corrected chi connectivity index (χ4v) is 5.87. The number of fused-ring (bicyclic) bond motifs is 1. The maximum Gasteiger partial charge on any atom is 0.332 e. The number of hydrogen-bond acceptors (Lipinski definition) is 5. The molecule has 3 aromatic carbocycles. The number of aromatic nitrogens is 2. The molecule has 0 saturated heterocycles. The molecule has 4 aromatic rings. The number of hydrogen-bond donors (Lipinski definition) is 3. The van der Waals surface area contributed by atoms with E-state index < -0.39 is 28.1 Å². The van der Waals surface area contributed by atoms with Crippen LogP contribution in [-0.4, -0.2) is 19.5 Å². The summed E-state index contributed by atoms with van der Waals surface area (Å²) in [5, 5.41) is 6.96. The lowest BCUT2D eigenvalue weighted by molar-refractivity contribution is 0.547. The van der Waals surface area contributed by atoms with Crippen LogP contribution in [0.4, 0.5) is 21.6 Å². The molecule has 8 nitrogen and oxygen atoms in total. The van der Waals surface area contributed by atoms with E-state index in [0.717, 1.165) is 23.0 Å². The highest BCUT2D eigenvalue weighted by molar-refractivity contribution is 7.86. The molecule has 0 bridgehead atoms. The van der Waals surface area contributed by atoms with Gasteiger partial charge in [0.1, 0.15) is 23.5 Å². The Hall–Kier alpha value is -3.89. The molecule has 1 aromatic heterocycles. The average molecular weight is 582 g/mol. The standard InChI is InChI=1S/C29H29ClFN5O3S/c1-2-3-16-35-27-26(28(37)36(29(35)38)18-20-8-4-6-10-23(20)31)32-25(33-27)17-19-12-14-21(15-13-19)34-40(39)24-11-7-5-9-22(24)30/h4-15,25,32-34H,2-3,16-18H2,1H3. The van der Waals surface area contributed by atoms with Crippen molar-refractivity contribution in [3.8, 4) is 0 Å². The first-order valence-corrected chi connectivity index (χ1v) is 14.5. The SMILES string of the molecule is CCCCn1c2c(c(=O)n(Cc3ccccc3F)c1=O)NC(Cc1ccc(NS(=O)c3ccccc3Cl)cc1)N2. The summed E-state index contributed by atoms with van der Waals surface area (Å²) in [5.74, 6) is -0.0151. The number of rotatable bonds is 10. The van der Waals surface area contributed by atoms with Gasteiger partial charge in [0, 0.05) is 24.2 Å². The molecule has 2 atom stereocenters. The predicted molar refractivity (Wildman–Crippen MR) is 158 cm³/mol. The van der Waals surface area contributed by atoms with Crippen molar-refractivity contribution in [2.45, 2.75) is 50.3 Å². The van der Waals surface area contributed by atoms with Crippen LogP contribution in [0.5, 0.6) is 0 Å². The van der Waals surface area contributed by atoms with Crippen LogP contribution in [0.1, 0.15) is 30.9 Å². The van der Waals surface area contributed by atoms with Crippen molar-refractivity contribution in [3.63, 3.8) is 0 Å². The van der Waals surface area contributed by atoms with Gasteiger partial charge in [-0.05, 0) is 42.3 Å². The first-order chi connectivity index (χ1) is 19.4. The minimum Gasteiger partial charge on any atom is -0.358 e. The molecule has 5 rings (SSSR count). The largest absolute Gasteiger partial charge is 0.358 e. The molecule has 1 aliphatic rings. The Balaban J connectivity index is 1.34. The Labute approximate surface area is 238 Å². The first-order valence-electron chi connectivity index (χ1n) is 13.0. The number of nitrogens with zero attached hydrogens (tertiary/aromatic N) is 2. The van der Waals surface area contributed by atoms with Gasteiger partial charge in [0.05, 0.1) is 16.5 Å². The monoisotopic (exact) mass is 581 g/mol. The van der Waals surface area contributed by atoms with Gasteiger partial charge in [-0.2, -0.15) is 0 Å². The zero-order valence-corrected chi connectivity index (χ0v) is 23.4. The summed E-state index contributed by atoms with van der Waals surface area (Å²) < 4.78 is 32.6. The molecule has 40 heavy (non-hydrogen) atoms. The van der Waals surface area contributed by atoms with Crippen molar-refractivity contribution in [3.05, 3.63) is 116 Å². The molecular weight excluding hydrogens is 553 g/mol. The third kappa shape index (κ3) is 5.83. The molecule has 208 valence electrons. The van der Waals surface area contributed by atoms with Crippen molar-refractivity contribution >= 4 is 39.8 Å². The molecule has 0 radical (unpaired) electrons. The van der Waals surface area contributed by atoms with Gasteiger partial charge in [-0.15, -0.1) is 0 Å². The van der Waals surface area contributed by atoms with Crippen LogP contribution in [0, 0.1) is 5.82 Å². The maximum absolute atomic E-state index is 14.3. The highest BCUT2D eigenvalue weighted by Crippen LogP contribution is 2.27. The molecular formula is C29H29ClFN5O3S. The van der Waals surface area contributed by atoms with E-state index in [1.807, 2.05) is 31.2 Å². The molecule has 0 spiro atoms. The zero-order chi connectivity index (χ0) is 28.2. The van der Waals surface area contributed by atoms with Crippen LogP contribution in [-0.2, 0) is 30.5 Å². The van der Waals surface area contributed by atoms with Gasteiger partial charge in [-0.25, -0.2) is 13.4 Å². The number of halogens is 2. The minimum absolute atomic E-state index is 0.153. The van der Waals surface area contributed by atoms with Gasteiger partial charge in [0.2, 0.25) is 0 Å². The van der Waals surface area contributed by atoms with Crippen molar-refractivity contribution in [2.75, 3.05) is 15.4 Å². The van der Waals surface area contributed by atoms with E-state index in [1.54, 1.807) is 47.0 Å². The minimum atomic E-state index is -1.51. The fraction of sp³-hybridized carbons (Fsp3) is 0.241. The van der Waals surface area contributed by atoms with Crippen molar-refractivity contribution in [2.24, 2.45) is 0 Å². The number of nitrogens with one attached hydrogen (secondary N) is 3. The fourth-order valence-electron chi connectivity index (χ4n) is 4.62. The Bertz CT molecular complexity index is 1670. The van der Waals surface area contributed by atoms with Crippen LogP contribution in [0.2, 0.25) is 5.02 Å². The van der Waals surface area contributed by atoms with E-state index in [-0.39, 0.29) is 18.3 Å².